The van der Waals surface area contributed by atoms with Gasteiger partial charge in [0.2, 0.25) is 27.7 Å². The molecule has 342 valence electrons. The molecule has 2 N–H and O–H groups in total. The number of nitrogens with one attached hydrogen (secondary N) is 2. The predicted octanol–water partition coefficient (Wildman–Crippen LogP) is 6.89. The van der Waals surface area contributed by atoms with Crippen molar-refractivity contribution in [3.8, 4) is 11.6 Å². The first-order valence-corrected chi connectivity index (χ1v) is 25.4. The van der Waals surface area contributed by atoms with E-state index in [4.69, 9.17) is 19.2 Å². The van der Waals surface area contributed by atoms with Gasteiger partial charge in [0.15, 0.2) is 5.78 Å². The molecule has 2 amide bonds. The number of amides is 2. The fourth-order valence-electron chi connectivity index (χ4n) is 11.2. The molecule has 4 saturated carbocycles. The SMILES string of the molecule is C=C[C@@H]1CC1(CC(=O)[C@@H]1C[C@@H]2CN1C(=O)[C@H](C1(C)CCCCC1)CC(=O)O[C@@H]1C[C@H]1CCCCCc1c(nc3ccccc3c1OC1CCNCC1)O2)C(=O)NS(=O)(=O)C1(C)CC1. The number of Topliss-reactive ketones (excluding diaryl/α,β-unsaturated/α-hetero) is 1. The summed E-state index contributed by atoms with van der Waals surface area (Å²) >= 11 is 0. The molecule has 9 rings (SSSR count). The van der Waals surface area contributed by atoms with Crippen LogP contribution in [0.4, 0.5) is 0 Å². The smallest absolute Gasteiger partial charge is 0.306 e. The molecular formula is C49H66N4O9S. The van der Waals surface area contributed by atoms with Crippen LogP contribution in [0.2, 0.25) is 0 Å². The monoisotopic (exact) mass is 886 g/mol. The molecule has 63 heavy (non-hydrogen) atoms. The lowest BCUT2D eigenvalue weighted by Gasteiger charge is -2.42. The number of carbonyl (C=O) groups excluding carboxylic acids is 4. The molecule has 2 saturated heterocycles. The Morgan fingerprint density at radius 2 is 1.73 bits per heavy atom. The molecule has 4 aliphatic carbocycles. The summed E-state index contributed by atoms with van der Waals surface area (Å²) in [7, 11) is -3.96. The van der Waals surface area contributed by atoms with Crippen molar-refractivity contribution in [1.82, 2.24) is 19.9 Å². The number of pyridine rings is 1. The molecule has 1 aromatic heterocycles. The van der Waals surface area contributed by atoms with E-state index in [0.29, 0.717) is 31.1 Å². The third-order valence-electron chi connectivity index (χ3n) is 16.0. The quantitative estimate of drug-likeness (QED) is 0.188. The molecule has 4 heterocycles. The molecule has 3 aliphatic heterocycles. The second-order valence-electron chi connectivity index (χ2n) is 20.6. The van der Waals surface area contributed by atoms with Gasteiger partial charge in [-0.3, -0.25) is 23.9 Å². The van der Waals surface area contributed by atoms with Crippen molar-refractivity contribution in [3.05, 3.63) is 42.5 Å². The number of hydrogen-bond donors (Lipinski definition) is 2. The molecule has 2 aromatic rings. The van der Waals surface area contributed by atoms with Crippen LogP contribution in [0.1, 0.15) is 135 Å². The summed E-state index contributed by atoms with van der Waals surface area (Å²) in [5, 5.41) is 4.36. The van der Waals surface area contributed by atoms with Crippen LogP contribution in [0.25, 0.3) is 10.9 Å². The fraction of sp³-hybridized carbons (Fsp3) is 0.694. The van der Waals surface area contributed by atoms with Gasteiger partial charge < -0.3 is 24.4 Å². The number of hydrogen-bond acceptors (Lipinski definition) is 11. The summed E-state index contributed by atoms with van der Waals surface area (Å²) in [4.78, 5) is 64.9. The van der Waals surface area contributed by atoms with Crippen LogP contribution in [-0.2, 0) is 40.4 Å². The zero-order valence-corrected chi connectivity index (χ0v) is 38.0. The Morgan fingerprint density at radius 3 is 2.46 bits per heavy atom. The van der Waals surface area contributed by atoms with E-state index in [1.807, 2.05) is 24.3 Å². The van der Waals surface area contributed by atoms with Crippen LogP contribution < -0.4 is 19.5 Å². The number of sulfonamides is 1. The maximum absolute atomic E-state index is 15.4. The largest absolute Gasteiger partial charge is 0.489 e. The van der Waals surface area contributed by atoms with Crippen LogP contribution in [0.15, 0.2) is 36.9 Å². The van der Waals surface area contributed by atoms with Crippen LogP contribution in [0.3, 0.4) is 0 Å². The number of esters is 1. The second kappa shape index (κ2) is 17.4. The lowest BCUT2D eigenvalue weighted by Crippen LogP contribution is -2.50. The van der Waals surface area contributed by atoms with Crippen molar-refractivity contribution in [3.63, 3.8) is 0 Å². The number of rotatable bonds is 10. The van der Waals surface area contributed by atoms with E-state index in [1.54, 1.807) is 17.9 Å². The molecule has 13 nitrogen and oxygen atoms in total. The van der Waals surface area contributed by atoms with Gasteiger partial charge in [0.25, 0.3) is 0 Å². The normalized spacial score (nSPS) is 32.1. The molecule has 14 heteroatoms. The Balaban J connectivity index is 1.08. The Kier molecular flexibility index (Phi) is 12.2. The highest BCUT2D eigenvalue weighted by Crippen LogP contribution is 2.57. The van der Waals surface area contributed by atoms with Gasteiger partial charge in [-0.2, -0.15) is 0 Å². The number of aromatic nitrogens is 1. The molecule has 7 atom stereocenters. The Labute approximate surface area is 372 Å². The van der Waals surface area contributed by atoms with Crippen LogP contribution in [0, 0.1) is 28.6 Å². The van der Waals surface area contributed by atoms with Gasteiger partial charge in [-0.25, -0.2) is 13.4 Å². The van der Waals surface area contributed by atoms with Crippen molar-refractivity contribution < 1.29 is 41.8 Å². The minimum absolute atomic E-state index is 0.0249. The lowest BCUT2D eigenvalue weighted by molar-refractivity contribution is -0.155. The standard InChI is InChI=1S/C49H66N4O9S/c1-4-32-28-49(32,46(57)52-63(58,59)48(3)21-22-48)29-40(54)39-26-34-30-53(39)45(56)37(47(2)19-11-6-12-20-47)27-42(55)62-41-25-31(41)13-7-5-8-15-36-43(60-33-17-23-50-24-18-33)35-14-9-10-16-38(35)51-44(36)61-34/h4,9-10,14,16,31-34,37,39,41,50H,1,5-8,11-13,15,17-30H2,2-3H3,(H,52,57)/t31-,32-,34-,37-,39+,41-,49?/m1/s1. The number of fused-ring (bicyclic) bond motifs is 5. The van der Waals surface area contributed by atoms with Gasteiger partial charge in [0, 0.05) is 18.2 Å². The summed E-state index contributed by atoms with van der Waals surface area (Å²) < 4.78 is 47.9. The maximum atomic E-state index is 15.4. The number of carbonyl (C=O) groups is 4. The summed E-state index contributed by atoms with van der Waals surface area (Å²) in [6.07, 6.45) is 13.4. The minimum atomic E-state index is -3.96. The first kappa shape index (κ1) is 44.2. The summed E-state index contributed by atoms with van der Waals surface area (Å²) in [5.41, 5.74) is -0.168. The van der Waals surface area contributed by atoms with Crippen molar-refractivity contribution in [1.29, 1.82) is 0 Å². The molecule has 0 spiro atoms. The second-order valence-corrected chi connectivity index (χ2v) is 22.8. The number of nitrogens with zero attached hydrogens (tertiary/aromatic N) is 2. The Hall–Kier alpha value is -4.04. The lowest BCUT2D eigenvalue weighted by atomic mass is 9.65. The number of ether oxygens (including phenoxy) is 3. The van der Waals surface area contributed by atoms with Crippen LogP contribution in [-0.4, -0.2) is 90.6 Å². The highest BCUT2D eigenvalue weighted by molar-refractivity contribution is 7.91. The summed E-state index contributed by atoms with van der Waals surface area (Å²) in [6.45, 7) is 9.46. The highest BCUT2D eigenvalue weighted by Gasteiger charge is 2.63. The molecule has 1 aromatic carbocycles. The van der Waals surface area contributed by atoms with Crippen LogP contribution in [0.5, 0.6) is 11.6 Å². The highest BCUT2D eigenvalue weighted by atomic mass is 32.2. The molecule has 1 unspecified atom stereocenters. The average molecular weight is 887 g/mol. The number of ketones is 1. The van der Waals surface area contributed by atoms with Gasteiger partial charge in [-0.1, -0.05) is 57.2 Å². The number of benzene rings is 1. The third-order valence-corrected chi connectivity index (χ3v) is 18.2. The van der Waals surface area contributed by atoms with E-state index in [9.17, 15) is 22.8 Å². The zero-order chi connectivity index (χ0) is 44.1. The molecule has 7 aliphatic rings. The number of para-hydroxylation sites is 1. The van der Waals surface area contributed by atoms with Crippen molar-refractivity contribution in [2.45, 2.75) is 165 Å². The number of allylic oxidation sites excluding steroid dienone is 1. The first-order valence-electron chi connectivity index (χ1n) is 23.9. The Morgan fingerprint density at radius 1 is 0.984 bits per heavy atom. The van der Waals surface area contributed by atoms with Gasteiger partial charge in [-0.05, 0) is 120 Å². The van der Waals surface area contributed by atoms with Gasteiger partial charge in [0.05, 0.1) is 46.2 Å². The molecule has 6 fully saturated rings. The van der Waals surface area contributed by atoms with E-state index in [-0.39, 0.29) is 62.1 Å². The Bertz CT molecular complexity index is 2230. The van der Waals surface area contributed by atoms with E-state index < -0.39 is 55.5 Å². The molecule has 2 bridgehead atoms. The first-order chi connectivity index (χ1) is 30.2. The van der Waals surface area contributed by atoms with E-state index in [2.05, 4.69) is 23.5 Å². The average Bonchev–Trinajstić information content (AvgIpc) is 4.23. The van der Waals surface area contributed by atoms with Gasteiger partial charge in [-0.15, -0.1) is 6.58 Å². The fourth-order valence-corrected chi connectivity index (χ4v) is 12.5. The predicted molar refractivity (Wildman–Crippen MR) is 237 cm³/mol. The third kappa shape index (κ3) is 9.01. The number of piperidine rings is 1. The van der Waals surface area contributed by atoms with Crippen molar-refractivity contribution in [2.24, 2.45) is 28.6 Å². The maximum Gasteiger partial charge on any atom is 0.306 e. The topological polar surface area (TPSA) is 170 Å². The van der Waals surface area contributed by atoms with Crippen molar-refractivity contribution >= 4 is 44.5 Å². The summed E-state index contributed by atoms with van der Waals surface area (Å²) in [6, 6.07) is 6.97. The van der Waals surface area contributed by atoms with E-state index in [0.717, 1.165) is 112 Å². The zero-order valence-electron chi connectivity index (χ0n) is 37.2. The van der Waals surface area contributed by atoms with Crippen molar-refractivity contribution in [2.75, 3.05) is 19.6 Å². The van der Waals surface area contributed by atoms with E-state index in [1.165, 1.54) is 0 Å². The minimum Gasteiger partial charge on any atom is -0.489 e. The molecule has 0 radical (unpaired) electrons. The van der Waals surface area contributed by atoms with E-state index >= 15 is 4.79 Å². The molecular weight excluding hydrogens is 821 g/mol. The van der Waals surface area contributed by atoms with Crippen LogP contribution >= 0.6 is 0 Å². The van der Waals surface area contributed by atoms with Gasteiger partial charge >= 0.3 is 5.97 Å². The summed E-state index contributed by atoms with van der Waals surface area (Å²) in [5.74, 6) is -1.29. The van der Waals surface area contributed by atoms with Gasteiger partial charge in [0.1, 0.15) is 24.1 Å².